The summed E-state index contributed by atoms with van der Waals surface area (Å²) in [6.45, 7) is 17.7. The number of nitrogens with two attached hydrogens (primary N) is 2. The molecule has 0 aliphatic carbocycles. The van der Waals surface area contributed by atoms with Crippen LogP contribution < -0.4 is 11.5 Å². The average Bonchev–Trinajstić information content (AvgIpc) is 2.13. The van der Waals surface area contributed by atoms with Crippen molar-refractivity contribution < 1.29 is 0 Å². The van der Waals surface area contributed by atoms with Crippen LogP contribution in [0.4, 0.5) is 0 Å². The van der Waals surface area contributed by atoms with E-state index < -0.39 is 0 Å². The fourth-order valence-corrected chi connectivity index (χ4v) is 3.33. The Bertz CT molecular complexity index is 223. The molecule has 0 aliphatic heterocycles. The second-order valence-electron chi connectivity index (χ2n) is 7.04. The third-order valence-corrected chi connectivity index (χ3v) is 4.49. The Morgan fingerprint density at radius 1 is 0.706 bits per heavy atom. The van der Waals surface area contributed by atoms with Gasteiger partial charge < -0.3 is 11.5 Å². The summed E-state index contributed by atoms with van der Waals surface area (Å²) in [5.41, 5.74) is 13.0. The number of hydrogen-bond acceptors (Lipinski definition) is 2. The Balaban J connectivity index is 5.54. The van der Waals surface area contributed by atoms with Crippen LogP contribution in [0, 0.1) is 23.7 Å². The van der Waals surface area contributed by atoms with E-state index in [1.165, 1.54) is 0 Å². The average molecular weight is 242 g/mol. The van der Waals surface area contributed by atoms with Gasteiger partial charge in [-0.3, -0.25) is 0 Å². The second-order valence-corrected chi connectivity index (χ2v) is 7.04. The first-order valence-corrected chi connectivity index (χ1v) is 7.07. The van der Waals surface area contributed by atoms with Crippen LogP contribution in [0.5, 0.6) is 0 Å². The summed E-state index contributed by atoms with van der Waals surface area (Å²) in [6.07, 6.45) is 0.984. The Hall–Kier alpha value is -0.0800. The van der Waals surface area contributed by atoms with Gasteiger partial charge in [0.05, 0.1) is 0 Å². The van der Waals surface area contributed by atoms with Gasteiger partial charge in [0.15, 0.2) is 0 Å². The van der Waals surface area contributed by atoms with E-state index in [4.69, 9.17) is 11.5 Å². The highest BCUT2D eigenvalue weighted by molar-refractivity contribution is 5.12. The number of rotatable bonds is 6. The van der Waals surface area contributed by atoms with Gasteiger partial charge in [-0.05, 0) is 30.1 Å². The Labute approximate surface area is 109 Å². The molecule has 0 saturated carbocycles. The molecular formula is C15H34N2. The molecule has 0 aromatic carbocycles. The van der Waals surface area contributed by atoms with Crippen LogP contribution in [-0.4, -0.2) is 11.1 Å². The molecular weight excluding hydrogens is 208 g/mol. The smallest absolute Gasteiger partial charge is 0.0386 e. The fraction of sp³-hybridized carbons (Fsp3) is 1.00. The summed E-state index contributed by atoms with van der Waals surface area (Å²) < 4.78 is 0. The van der Waals surface area contributed by atoms with Crippen LogP contribution in [0.3, 0.4) is 0 Å². The molecule has 0 aliphatic rings. The zero-order valence-corrected chi connectivity index (χ0v) is 13.2. The van der Waals surface area contributed by atoms with Crippen molar-refractivity contribution in [2.45, 2.75) is 72.9 Å². The lowest BCUT2D eigenvalue weighted by atomic mass is 9.58. The monoisotopic (exact) mass is 242 g/mol. The Morgan fingerprint density at radius 3 is 1.24 bits per heavy atom. The lowest BCUT2D eigenvalue weighted by Crippen LogP contribution is -2.73. The van der Waals surface area contributed by atoms with Gasteiger partial charge in [-0.15, -0.1) is 0 Å². The maximum atomic E-state index is 6.80. The minimum Gasteiger partial charge on any atom is -0.323 e. The lowest BCUT2D eigenvalue weighted by molar-refractivity contribution is 0.0496. The van der Waals surface area contributed by atoms with Crippen molar-refractivity contribution >= 4 is 0 Å². The molecule has 0 spiro atoms. The molecule has 1 atom stereocenters. The summed E-state index contributed by atoms with van der Waals surface area (Å²) in [5, 5.41) is 0. The molecule has 0 radical (unpaired) electrons. The maximum Gasteiger partial charge on any atom is 0.0386 e. The quantitative estimate of drug-likeness (QED) is 0.750. The predicted octanol–water partition coefficient (Wildman–Crippen LogP) is 3.40. The van der Waals surface area contributed by atoms with Crippen molar-refractivity contribution in [2.24, 2.45) is 35.1 Å². The van der Waals surface area contributed by atoms with Crippen LogP contribution in [0.2, 0.25) is 0 Å². The van der Waals surface area contributed by atoms with Crippen molar-refractivity contribution in [1.82, 2.24) is 0 Å². The maximum absolute atomic E-state index is 6.80. The molecule has 0 bridgehead atoms. The molecule has 104 valence electrons. The molecule has 0 aromatic rings. The molecule has 4 N–H and O–H groups in total. The molecule has 0 heterocycles. The highest BCUT2D eigenvalue weighted by atomic mass is 15.0. The number of hydrogen-bond donors (Lipinski definition) is 2. The van der Waals surface area contributed by atoms with Gasteiger partial charge in [0.1, 0.15) is 0 Å². The van der Waals surface area contributed by atoms with E-state index in [9.17, 15) is 0 Å². The largest absolute Gasteiger partial charge is 0.323 e. The Kier molecular flexibility index (Phi) is 5.68. The molecule has 0 amide bonds. The van der Waals surface area contributed by atoms with Gasteiger partial charge in [0.25, 0.3) is 0 Å². The first kappa shape index (κ1) is 16.9. The van der Waals surface area contributed by atoms with E-state index in [0.717, 1.165) is 6.42 Å². The summed E-state index contributed by atoms with van der Waals surface area (Å²) in [5.74, 6) is 1.73. The van der Waals surface area contributed by atoms with E-state index in [1.54, 1.807) is 0 Å². The summed E-state index contributed by atoms with van der Waals surface area (Å²) in [7, 11) is 0. The minimum atomic E-state index is -0.314. The van der Waals surface area contributed by atoms with Crippen molar-refractivity contribution in [3.05, 3.63) is 0 Å². The first-order chi connectivity index (χ1) is 7.50. The summed E-state index contributed by atoms with van der Waals surface area (Å²) in [4.78, 5) is 0. The van der Waals surface area contributed by atoms with Gasteiger partial charge in [0.2, 0.25) is 0 Å². The first-order valence-electron chi connectivity index (χ1n) is 7.07. The molecule has 0 fully saturated rings. The van der Waals surface area contributed by atoms with Crippen LogP contribution in [-0.2, 0) is 0 Å². The van der Waals surface area contributed by atoms with E-state index in [2.05, 4.69) is 55.4 Å². The van der Waals surface area contributed by atoms with Gasteiger partial charge in [-0.2, -0.15) is 0 Å². The highest BCUT2D eigenvalue weighted by Gasteiger charge is 2.51. The summed E-state index contributed by atoms with van der Waals surface area (Å²) >= 11 is 0. The van der Waals surface area contributed by atoms with Crippen molar-refractivity contribution in [1.29, 1.82) is 0 Å². The molecule has 0 rings (SSSR count). The Morgan fingerprint density at radius 2 is 1.06 bits per heavy atom. The van der Waals surface area contributed by atoms with E-state index in [1.807, 2.05) is 0 Å². The van der Waals surface area contributed by atoms with Crippen LogP contribution in [0.15, 0.2) is 0 Å². The standard InChI is InChI=1S/C15H34N2/c1-10(2)9-14(16,11(3)4)15(17,12(5)6)13(7)8/h10-13H,9,16-17H2,1-8H3/t14-/m0/s1. The topological polar surface area (TPSA) is 52.0 Å². The van der Waals surface area contributed by atoms with Crippen LogP contribution in [0.25, 0.3) is 0 Å². The van der Waals surface area contributed by atoms with Gasteiger partial charge >= 0.3 is 0 Å². The molecule has 2 heteroatoms. The fourth-order valence-electron chi connectivity index (χ4n) is 3.33. The van der Waals surface area contributed by atoms with Gasteiger partial charge in [0, 0.05) is 11.1 Å². The minimum absolute atomic E-state index is 0.302. The zero-order chi connectivity index (χ0) is 14.0. The van der Waals surface area contributed by atoms with E-state index in [-0.39, 0.29) is 11.1 Å². The molecule has 2 nitrogen and oxygen atoms in total. The summed E-state index contributed by atoms with van der Waals surface area (Å²) in [6, 6.07) is 0. The predicted molar refractivity (Wildman–Crippen MR) is 77.8 cm³/mol. The van der Waals surface area contributed by atoms with Crippen molar-refractivity contribution in [3.63, 3.8) is 0 Å². The SMILES string of the molecule is CC(C)C[C@](N)(C(C)C)C(N)(C(C)C)C(C)C. The van der Waals surface area contributed by atoms with Crippen molar-refractivity contribution in [3.8, 4) is 0 Å². The lowest BCUT2D eigenvalue weighted by Gasteiger charge is -2.55. The third kappa shape index (κ3) is 3.03. The van der Waals surface area contributed by atoms with E-state index >= 15 is 0 Å². The highest BCUT2D eigenvalue weighted by Crippen LogP contribution is 2.41. The van der Waals surface area contributed by atoms with E-state index in [0.29, 0.717) is 23.7 Å². The van der Waals surface area contributed by atoms with Gasteiger partial charge in [-0.25, -0.2) is 0 Å². The molecule has 0 unspecified atom stereocenters. The molecule has 0 saturated heterocycles. The zero-order valence-electron chi connectivity index (χ0n) is 13.2. The van der Waals surface area contributed by atoms with Crippen molar-refractivity contribution in [2.75, 3.05) is 0 Å². The molecule has 17 heavy (non-hydrogen) atoms. The molecule has 0 aromatic heterocycles. The normalized spacial score (nSPS) is 17.3. The van der Waals surface area contributed by atoms with Crippen LogP contribution in [0.1, 0.15) is 61.8 Å². The third-order valence-electron chi connectivity index (χ3n) is 4.49. The van der Waals surface area contributed by atoms with Gasteiger partial charge in [-0.1, -0.05) is 55.4 Å². The van der Waals surface area contributed by atoms with Crippen LogP contribution >= 0.6 is 0 Å². The second kappa shape index (κ2) is 5.71.